The summed E-state index contributed by atoms with van der Waals surface area (Å²) in [6.45, 7) is 0. The van der Waals surface area contributed by atoms with Gasteiger partial charge in [-0.1, -0.05) is 11.6 Å². The maximum absolute atomic E-state index is 13.0. The molecule has 1 amide bonds. The number of carbonyl (C=O) groups is 1. The molecule has 1 aliphatic carbocycles. The molecular formula is C14H11BrClFN2O. The van der Waals surface area contributed by atoms with E-state index in [4.69, 9.17) is 11.6 Å². The van der Waals surface area contributed by atoms with Crippen LogP contribution in [0.25, 0.3) is 0 Å². The van der Waals surface area contributed by atoms with E-state index in [2.05, 4.69) is 21.2 Å². The van der Waals surface area contributed by atoms with Gasteiger partial charge in [-0.15, -0.1) is 0 Å². The number of benzene rings is 1. The Balaban J connectivity index is 1.86. The van der Waals surface area contributed by atoms with Crippen LogP contribution in [0.1, 0.15) is 29.4 Å². The first-order valence-electron chi connectivity index (χ1n) is 6.18. The molecule has 1 heterocycles. The van der Waals surface area contributed by atoms with Crippen LogP contribution in [0.4, 0.5) is 10.1 Å². The third-order valence-corrected chi connectivity index (χ3v) is 3.91. The molecule has 1 aromatic carbocycles. The highest BCUT2D eigenvalue weighted by Gasteiger charge is 2.27. The van der Waals surface area contributed by atoms with Gasteiger partial charge in [-0.25, -0.2) is 4.39 Å². The largest absolute Gasteiger partial charge is 0.339 e. The monoisotopic (exact) mass is 356 g/mol. The summed E-state index contributed by atoms with van der Waals surface area (Å²) in [6.07, 6.45) is 4.07. The van der Waals surface area contributed by atoms with E-state index in [-0.39, 0.29) is 10.9 Å². The third-order valence-electron chi connectivity index (χ3n) is 3.17. The molecule has 1 saturated carbocycles. The molecule has 1 aliphatic rings. The average Bonchev–Trinajstić information content (AvgIpc) is 3.16. The van der Waals surface area contributed by atoms with Crippen molar-refractivity contribution in [2.45, 2.75) is 18.9 Å². The minimum absolute atomic E-state index is 0.182. The lowest BCUT2D eigenvalue weighted by Gasteiger charge is -2.09. The molecule has 0 radical (unpaired) electrons. The zero-order chi connectivity index (χ0) is 14.3. The van der Waals surface area contributed by atoms with Crippen LogP contribution in [0.2, 0.25) is 5.02 Å². The van der Waals surface area contributed by atoms with Crippen LogP contribution < -0.4 is 5.32 Å². The molecule has 0 saturated heterocycles. The number of hydrogen-bond donors (Lipinski definition) is 1. The van der Waals surface area contributed by atoms with E-state index in [1.807, 2.05) is 10.8 Å². The van der Waals surface area contributed by atoms with Crippen LogP contribution in [0.3, 0.4) is 0 Å². The maximum atomic E-state index is 13.0. The van der Waals surface area contributed by atoms with Gasteiger partial charge in [-0.05, 0) is 53.0 Å². The summed E-state index contributed by atoms with van der Waals surface area (Å²) in [5.74, 6) is -0.687. The second-order valence-electron chi connectivity index (χ2n) is 4.76. The number of halogens is 3. The van der Waals surface area contributed by atoms with Crippen LogP contribution in [0.5, 0.6) is 0 Å². The van der Waals surface area contributed by atoms with Gasteiger partial charge in [0, 0.05) is 16.7 Å². The van der Waals surface area contributed by atoms with E-state index in [1.54, 1.807) is 6.07 Å². The molecule has 1 fully saturated rings. The molecule has 0 spiro atoms. The van der Waals surface area contributed by atoms with Crippen LogP contribution in [-0.4, -0.2) is 10.5 Å². The Hall–Kier alpha value is -1.33. The van der Waals surface area contributed by atoms with Crippen LogP contribution in [0.15, 0.2) is 34.9 Å². The summed E-state index contributed by atoms with van der Waals surface area (Å²) in [7, 11) is 0. The van der Waals surface area contributed by atoms with E-state index in [0.29, 0.717) is 17.4 Å². The summed E-state index contributed by atoms with van der Waals surface area (Å²) < 4.78 is 15.8. The quantitative estimate of drug-likeness (QED) is 0.854. The highest BCUT2D eigenvalue weighted by Crippen LogP contribution is 2.37. The predicted molar refractivity (Wildman–Crippen MR) is 79.8 cm³/mol. The van der Waals surface area contributed by atoms with Crippen LogP contribution >= 0.6 is 27.5 Å². The minimum atomic E-state index is -0.433. The first-order chi connectivity index (χ1) is 9.54. The van der Waals surface area contributed by atoms with Crippen molar-refractivity contribution < 1.29 is 9.18 Å². The summed E-state index contributed by atoms with van der Waals surface area (Å²) in [5, 5.41) is 2.89. The van der Waals surface area contributed by atoms with Gasteiger partial charge in [-0.2, -0.15) is 0 Å². The number of nitrogens with one attached hydrogen (secondary N) is 1. The minimum Gasteiger partial charge on any atom is -0.339 e. The fourth-order valence-corrected chi connectivity index (χ4v) is 2.71. The van der Waals surface area contributed by atoms with Gasteiger partial charge in [0.25, 0.3) is 5.91 Å². The molecule has 0 atom stereocenters. The second kappa shape index (κ2) is 5.22. The number of carbonyl (C=O) groups excluding carboxylic acids is 1. The Kier molecular flexibility index (Phi) is 3.56. The molecule has 0 unspecified atom stereocenters. The Labute approximate surface area is 128 Å². The van der Waals surface area contributed by atoms with Crippen molar-refractivity contribution in [3.8, 4) is 0 Å². The molecule has 1 aromatic heterocycles. The predicted octanol–water partition coefficient (Wildman–Crippen LogP) is 4.63. The number of anilines is 1. The lowest BCUT2D eigenvalue weighted by molar-refractivity contribution is 0.101. The van der Waals surface area contributed by atoms with Crippen molar-refractivity contribution >= 4 is 39.1 Å². The van der Waals surface area contributed by atoms with Gasteiger partial charge >= 0.3 is 0 Å². The van der Waals surface area contributed by atoms with E-state index < -0.39 is 5.82 Å². The Bertz CT molecular complexity index is 682. The highest BCUT2D eigenvalue weighted by atomic mass is 79.9. The smallest absolute Gasteiger partial charge is 0.272 e. The average molecular weight is 358 g/mol. The summed E-state index contributed by atoms with van der Waals surface area (Å²) in [4.78, 5) is 12.3. The number of rotatable bonds is 3. The zero-order valence-corrected chi connectivity index (χ0v) is 12.7. The summed E-state index contributed by atoms with van der Waals surface area (Å²) in [5.41, 5.74) is 0.970. The number of aromatic nitrogens is 1. The first-order valence-corrected chi connectivity index (χ1v) is 7.35. The molecule has 104 valence electrons. The number of nitrogens with zero attached hydrogens (tertiary/aromatic N) is 1. The molecule has 1 N–H and O–H groups in total. The van der Waals surface area contributed by atoms with E-state index in [0.717, 1.165) is 17.3 Å². The molecule has 0 bridgehead atoms. The highest BCUT2D eigenvalue weighted by molar-refractivity contribution is 9.10. The van der Waals surface area contributed by atoms with Crippen LogP contribution in [0, 0.1) is 5.82 Å². The van der Waals surface area contributed by atoms with Crippen molar-refractivity contribution in [1.29, 1.82) is 0 Å². The fraction of sp³-hybridized carbons (Fsp3) is 0.214. The molecule has 0 aliphatic heterocycles. The van der Waals surface area contributed by atoms with Crippen LogP contribution in [-0.2, 0) is 0 Å². The molecule has 6 heteroatoms. The zero-order valence-electron chi connectivity index (χ0n) is 10.4. The molecule has 3 nitrogen and oxygen atoms in total. The number of amides is 1. The van der Waals surface area contributed by atoms with Crippen molar-refractivity contribution in [2.75, 3.05) is 5.32 Å². The lowest BCUT2D eigenvalue weighted by atomic mass is 10.3. The molecule has 3 rings (SSSR count). The Morgan fingerprint density at radius 3 is 2.80 bits per heavy atom. The van der Waals surface area contributed by atoms with Crippen molar-refractivity contribution in [2.24, 2.45) is 0 Å². The molecule has 2 aromatic rings. The molecular weight excluding hydrogens is 347 g/mol. The van der Waals surface area contributed by atoms with Gasteiger partial charge in [0.1, 0.15) is 11.5 Å². The van der Waals surface area contributed by atoms with Gasteiger partial charge < -0.3 is 9.88 Å². The topological polar surface area (TPSA) is 34.0 Å². The summed E-state index contributed by atoms with van der Waals surface area (Å²) >= 11 is 9.29. The Morgan fingerprint density at radius 1 is 1.40 bits per heavy atom. The van der Waals surface area contributed by atoms with E-state index in [1.165, 1.54) is 18.2 Å². The van der Waals surface area contributed by atoms with Crippen molar-refractivity contribution in [3.63, 3.8) is 0 Å². The van der Waals surface area contributed by atoms with E-state index >= 15 is 0 Å². The molecule has 20 heavy (non-hydrogen) atoms. The van der Waals surface area contributed by atoms with Gasteiger partial charge in [0.05, 0.1) is 10.7 Å². The number of hydrogen-bond acceptors (Lipinski definition) is 1. The second-order valence-corrected chi connectivity index (χ2v) is 6.08. The fourth-order valence-electron chi connectivity index (χ4n) is 2.06. The standard InChI is InChI=1S/C14H11BrClFN2O/c15-8-5-13(19(7-8)10-2-3-10)14(20)18-12-4-1-9(17)6-11(12)16/h1,4-7,10H,2-3H2,(H,18,20). The van der Waals surface area contributed by atoms with E-state index in [9.17, 15) is 9.18 Å². The first kappa shape index (κ1) is 13.6. The normalized spacial score (nSPS) is 14.3. The third kappa shape index (κ3) is 2.74. The van der Waals surface area contributed by atoms with Gasteiger partial charge in [0.2, 0.25) is 0 Å². The Morgan fingerprint density at radius 2 is 2.15 bits per heavy atom. The van der Waals surface area contributed by atoms with Crippen molar-refractivity contribution in [3.05, 3.63) is 51.5 Å². The maximum Gasteiger partial charge on any atom is 0.272 e. The lowest BCUT2D eigenvalue weighted by Crippen LogP contribution is -2.16. The summed E-state index contributed by atoms with van der Waals surface area (Å²) in [6, 6.07) is 6.05. The van der Waals surface area contributed by atoms with Gasteiger partial charge in [0.15, 0.2) is 0 Å². The van der Waals surface area contributed by atoms with Gasteiger partial charge in [-0.3, -0.25) is 4.79 Å². The van der Waals surface area contributed by atoms with Crippen molar-refractivity contribution in [1.82, 2.24) is 4.57 Å². The SMILES string of the molecule is O=C(Nc1ccc(F)cc1Cl)c1cc(Br)cn1C1CC1.